The van der Waals surface area contributed by atoms with Crippen LogP contribution in [-0.2, 0) is 0 Å². The number of aromatic nitrogens is 2. The monoisotopic (exact) mass is 250 g/mol. The highest BCUT2D eigenvalue weighted by Crippen LogP contribution is 2.36. The molecule has 0 aliphatic heterocycles. The highest BCUT2D eigenvalue weighted by Gasteiger charge is 2.25. The van der Waals surface area contributed by atoms with Gasteiger partial charge in [0.1, 0.15) is 0 Å². The molecule has 0 saturated heterocycles. The van der Waals surface area contributed by atoms with Crippen LogP contribution >= 0.6 is 0 Å². The first kappa shape index (κ1) is 13.4. The van der Waals surface area contributed by atoms with Gasteiger partial charge in [-0.3, -0.25) is 0 Å². The van der Waals surface area contributed by atoms with Gasteiger partial charge in [-0.05, 0) is 53.1 Å². The molecule has 0 bridgehead atoms. The molecule has 4 heteroatoms. The van der Waals surface area contributed by atoms with E-state index in [2.05, 4.69) is 46.9 Å². The molecular weight excluding hydrogens is 224 g/mol. The highest BCUT2D eigenvalue weighted by molar-refractivity contribution is 5.27. The number of nitrogens with one attached hydrogen (secondary N) is 1. The van der Waals surface area contributed by atoms with Crippen LogP contribution in [0.4, 0.5) is 5.95 Å². The zero-order valence-electron chi connectivity index (χ0n) is 11.9. The summed E-state index contributed by atoms with van der Waals surface area (Å²) in [5, 5.41) is 3.45. The zero-order chi connectivity index (χ0) is 13.0. The third-order valence-electron chi connectivity index (χ3n) is 3.71. The minimum Gasteiger partial charge on any atom is -0.356 e. The second-order valence-electron chi connectivity index (χ2n) is 5.60. The van der Waals surface area contributed by atoms with Crippen LogP contribution in [0.1, 0.15) is 45.6 Å². The summed E-state index contributed by atoms with van der Waals surface area (Å²) in [6.07, 6.45) is 9.05. The highest BCUT2D eigenvalue weighted by atomic mass is 15.2. The second-order valence-corrected chi connectivity index (χ2v) is 5.60. The van der Waals surface area contributed by atoms with E-state index >= 15 is 0 Å². The van der Waals surface area contributed by atoms with Crippen molar-refractivity contribution in [1.29, 1.82) is 0 Å². The van der Waals surface area contributed by atoms with Crippen LogP contribution in [0.5, 0.6) is 0 Å². The number of rotatable bonds is 8. The Bertz CT molecular complexity index is 354. The largest absolute Gasteiger partial charge is 0.356 e. The predicted octanol–water partition coefficient (Wildman–Crippen LogP) is 2.75. The Morgan fingerprint density at radius 3 is 2.89 bits per heavy atom. The van der Waals surface area contributed by atoms with E-state index in [1.165, 1.54) is 32.2 Å². The van der Waals surface area contributed by atoms with Crippen molar-refractivity contribution in [2.24, 2.45) is 0 Å². The van der Waals surface area contributed by atoms with Crippen LogP contribution < -0.4 is 5.32 Å². The van der Waals surface area contributed by atoms with E-state index in [9.17, 15) is 0 Å². The number of hydrogen-bond donors (Lipinski definition) is 1. The number of imidazole rings is 1. The molecular formula is C14H26N4. The zero-order valence-corrected chi connectivity index (χ0v) is 11.9. The van der Waals surface area contributed by atoms with Gasteiger partial charge < -0.3 is 14.8 Å². The maximum Gasteiger partial charge on any atom is 0.203 e. The molecule has 0 amide bonds. The molecule has 0 unspecified atom stereocenters. The molecule has 0 radical (unpaired) electrons. The van der Waals surface area contributed by atoms with Crippen molar-refractivity contribution >= 4 is 5.95 Å². The Labute approximate surface area is 110 Å². The summed E-state index contributed by atoms with van der Waals surface area (Å²) >= 11 is 0. The maximum atomic E-state index is 4.38. The summed E-state index contributed by atoms with van der Waals surface area (Å²) < 4.78 is 2.28. The lowest BCUT2D eigenvalue weighted by molar-refractivity contribution is 0.269. The van der Waals surface area contributed by atoms with E-state index in [1.54, 1.807) is 0 Å². The van der Waals surface area contributed by atoms with Gasteiger partial charge in [-0.25, -0.2) is 4.98 Å². The minimum absolute atomic E-state index is 0.645. The third-order valence-corrected chi connectivity index (χ3v) is 3.71. The van der Waals surface area contributed by atoms with Gasteiger partial charge in [0.05, 0.1) is 0 Å². The van der Waals surface area contributed by atoms with E-state index in [1.807, 2.05) is 6.20 Å². The summed E-state index contributed by atoms with van der Waals surface area (Å²) in [7, 11) is 2.19. The molecule has 2 rings (SSSR count). The van der Waals surface area contributed by atoms with Crippen LogP contribution in [0.2, 0.25) is 0 Å². The lowest BCUT2D eigenvalue weighted by atomic mass is 10.2. The fourth-order valence-electron chi connectivity index (χ4n) is 2.04. The molecule has 1 N–H and O–H groups in total. The van der Waals surface area contributed by atoms with Crippen molar-refractivity contribution in [1.82, 2.24) is 14.5 Å². The SMILES string of the molecule is CC(C)N(C)CCCCNc1nccn1C1CC1. The molecule has 0 spiro atoms. The fraction of sp³-hybridized carbons (Fsp3) is 0.786. The van der Waals surface area contributed by atoms with E-state index in [-0.39, 0.29) is 0 Å². The standard InChI is InChI=1S/C14H26N4/c1-12(2)17(3)10-5-4-8-15-14-16-9-11-18(14)13-6-7-13/h9,11-13H,4-8,10H2,1-3H3,(H,15,16). The van der Waals surface area contributed by atoms with Crippen molar-refractivity contribution in [3.63, 3.8) is 0 Å². The van der Waals surface area contributed by atoms with Crippen molar-refractivity contribution in [3.8, 4) is 0 Å². The lowest BCUT2D eigenvalue weighted by Gasteiger charge is -2.20. The number of hydrogen-bond acceptors (Lipinski definition) is 3. The van der Waals surface area contributed by atoms with E-state index < -0.39 is 0 Å². The molecule has 0 atom stereocenters. The Hall–Kier alpha value is -1.03. The average molecular weight is 250 g/mol. The Morgan fingerprint density at radius 2 is 2.22 bits per heavy atom. The minimum atomic E-state index is 0.645. The number of unbranched alkanes of at least 4 members (excludes halogenated alkanes) is 1. The van der Waals surface area contributed by atoms with Gasteiger partial charge in [0.15, 0.2) is 0 Å². The summed E-state index contributed by atoms with van der Waals surface area (Å²) in [4.78, 5) is 6.77. The molecule has 4 nitrogen and oxygen atoms in total. The quantitative estimate of drug-likeness (QED) is 0.720. The van der Waals surface area contributed by atoms with E-state index in [0.717, 1.165) is 12.5 Å². The van der Waals surface area contributed by atoms with Gasteiger partial charge in [0.2, 0.25) is 5.95 Å². The Morgan fingerprint density at radius 1 is 1.44 bits per heavy atom. The van der Waals surface area contributed by atoms with Crippen molar-refractivity contribution < 1.29 is 0 Å². The maximum absolute atomic E-state index is 4.38. The molecule has 1 saturated carbocycles. The van der Waals surface area contributed by atoms with Crippen LogP contribution in [0.3, 0.4) is 0 Å². The van der Waals surface area contributed by atoms with Gasteiger partial charge >= 0.3 is 0 Å². The molecule has 1 aromatic heterocycles. The fourth-order valence-corrected chi connectivity index (χ4v) is 2.04. The lowest BCUT2D eigenvalue weighted by Crippen LogP contribution is -2.27. The predicted molar refractivity (Wildman–Crippen MR) is 76.0 cm³/mol. The van der Waals surface area contributed by atoms with Crippen LogP contribution in [-0.4, -0.2) is 40.6 Å². The molecule has 1 aromatic rings. The number of anilines is 1. The van der Waals surface area contributed by atoms with Crippen molar-refractivity contribution in [2.75, 3.05) is 25.5 Å². The van der Waals surface area contributed by atoms with Crippen LogP contribution in [0.25, 0.3) is 0 Å². The van der Waals surface area contributed by atoms with Gasteiger partial charge in [0, 0.05) is 31.0 Å². The van der Waals surface area contributed by atoms with Crippen LogP contribution in [0.15, 0.2) is 12.4 Å². The van der Waals surface area contributed by atoms with Crippen LogP contribution in [0, 0.1) is 0 Å². The topological polar surface area (TPSA) is 33.1 Å². The van der Waals surface area contributed by atoms with Crippen molar-refractivity contribution in [3.05, 3.63) is 12.4 Å². The normalized spacial score (nSPS) is 15.6. The summed E-state index contributed by atoms with van der Waals surface area (Å²) in [6.45, 7) is 6.68. The first-order valence-corrected chi connectivity index (χ1v) is 7.15. The molecule has 1 heterocycles. The first-order valence-electron chi connectivity index (χ1n) is 7.15. The average Bonchev–Trinajstić information content (AvgIpc) is 3.08. The third kappa shape index (κ3) is 3.73. The molecule has 1 aliphatic carbocycles. The van der Waals surface area contributed by atoms with E-state index in [0.29, 0.717) is 12.1 Å². The Kier molecular flexibility index (Phi) is 4.64. The Balaban J connectivity index is 1.62. The molecule has 0 aromatic carbocycles. The molecule has 1 aliphatic rings. The van der Waals surface area contributed by atoms with Gasteiger partial charge in [0.25, 0.3) is 0 Å². The molecule has 1 fully saturated rings. The smallest absolute Gasteiger partial charge is 0.203 e. The number of nitrogens with zero attached hydrogens (tertiary/aromatic N) is 3. The summed E-state index contributed by atoms with van der Waals surface area (Å²) in [5.41, 5.74) is 0. The first-order chi connectivity index (χ1) is 8.68. The summed E-state index contributed by atoms with van der Waals surface area (Å²) in [5.74, 6) is 1.05. The van der Waals surface area contributed by atoms with Crippen molar-refractivity contribution in [2.45, 2.75) is 51.6 Å². The van der Waals surface area contributed by atoms with Gasteiger partial charge in [-0.15, -0.1) is 0 Å². The van der Waals surface area contributed by atoms with E-state index in [4.69, 9.17) is 0 Å². The summed E-state index contributed by atoms with van der Waals surface area (Å²) in [6, 6.07) is 1.36. The molecule has 102 valence electrons. The molecule has 18 heavy (non-hydrogen) atoms. The van der Waals surface area contributed by atoms with Gasteiger partial charge in [-0.2, -0.15) is 0 Å². The second kappa shape index (κ2) is 6.23. The van der Waals surface area contributed by atoms with Gasteiger partial charge in [-0.1, -0.05) is 0 Å².